The number of hydrogen-bond acceptors (Lipinski definition) is 4. The van der Waals surface area contributed by atoms with Gasteiger partial charge < -0.3 is 15.8 Å². The molecule has 0 amide bonds. The quantitative estimate of drug-likeness (QED) is 0.717. The van der Waals surface area contributed by atoms with Gasteiger partial charge in [-0.25, -0.2) is 0 Å². The van der Waals surface area contributed by atoms with E-state index in [1.807, 2.05) is 31.3 Å². The van der Waals surface area contributed by atoms with Crippen LogP contribution < -0.4 is 11.1 Å². The number of ether oxygens (including phenoxy) is 1. The second-order valence-corrected chi connectivity index (χ2v) is 3.28. The summed E-state index contributed by atoms with van der Waals surface area (Å²) in [6, 6.07) is 7.18. The number of nitrogens with one attached hydrogen (secondary N) is 1. The maximum atomic E-state index is 11.1. The summed E-state index contributed by atoms with van der Waals surface area (Å²) in [7, 11) is 3.20. The third-order valence-electron chi connectivity index (χ3n) is 2.20. The zero-order valence-electron chi connectivity index (χ0n) is 8.99. The Morgan fingerprint density at radius 2 is 2.07 bits per heavy atom. The van der Waals surface area contributed by atoms with Gasteiger partial charge in [-0.3, -0.25) is 4.79 Å². The summed E-state index contributed by atoms with van der Waals surface area (Å²) < 4.78 is 4.55. The Bertz CT molecular complexity index is 322. The number of carbonyl (C=O) groups excluding carboxylic acids is 1. The average Bonchev–Trinajstić information content (AvgIpc) is 2.29. The lowest BCUT2D eigenvalue weighted by Crippen LogP contribution is -2.33. The van der Waals surface area contributed by atoms with E-state index in [0.29, 0.717) is 6.42 Å². The molecule has 3 N–H and O–H groups in total. The smallest absolute Gasteiger partial charge is 0.322 e. The van der Waals surface area contributed by atoms with Crippen LogP contribution in [0.5, 0.6) is 0 Å². The highest BCUT2D eigenvalue weighted by Gasteiger charge is 2.13. The Hall–Kier alpha value is -1.55. The van der Waals surface area contributed by atoms with Crippen molar-refractivity contribution < 1.29 is 9.53 Å². The van der Waals surface area contributed by atoms with Gasteiger partial charge in [0.15, 0.2) is 0 Å². The molecular weight excluding hydrogens is 192 g/mol. The van der Waals surface area contributed by atoms with Crippen molar-refractivity contribution >= 4 is 11.7 Å². The predicted octanol–water partition coefficient (Wildman–Crippen LogP) is 0.771. The van der Waals surface area contributed by atoms with E-state index in [1.54, 1.807) is 0 Å². The second kappa shape index (κ2) is 5.36. The SMILES string of the molecule is CNc1ccc(C[C@H](N)C(=O)OC)cc1. The first-order valence-electron chi connectivity index (χ1n) is 4.77. The average molecular weight is 208 g/mol. The van der Waals surface area contributed by atoms with Crippen LogP contribution in [-0.2, 0) is 16.0 Å². The lowest BCUT2D eigenvalue weighted by molar-refractivity contribution is -0.142. The Balaban J connectivity index is 2.60. The number of benzene rings is 1. The van der Waals surface area contributed by atoms with Gasteiger partial charge in [-0.05, 0) is 24.1 Å². The maximum Gasteiger partial charge on any atom is 0.322 e. The van der Waals surface area contributed by atoms with Gasteiger partial charge in [0.1, 0.15) is 6.04 Å². The summed E-state index contributed by atoms with van der Waals surface area (Å²) in [5.74, 6) is -0.382. The van der Waals surface area contributed by atoms with Gasteiger partial charge in [-0.2, -0.15) is 0 Å². The monoisotopic (exact) mass is 208 g/mol. The third kappa shape index (κ3) is 3.25. The fourth-order valence-corrected chi connectivity index (χ4v) is 1.30. The van der Waals surface area contributed by atoms with Crippen molar-refractivity contribution in [3.8, 4) is 0 Å². The van der Waals surface area contributed by atoms with Crippen molar-refractivity contribution in [2.24, 2.45) is 5.73 Å². The highest BCUT2D eigenvalue weighted by molar-refractivity contribution is 5.75. The molecule has 0 aliphatic rings. The van der Waals surface area contributed by atoms with Gasteiger partial charge in [0, 0.05) is 12.7 Å². The molecule has 1 rings (SSSR count). The zero-order chi connectivity index (χ0) is 11.3. The standard InChI is InChI=1S/C11H16N2O2/c1-13-9-5-3-8(4-6-9)7-10(12)11(14)15-2/h3-6,10,13H,7,12H2,1-2H3/t10-/m0/s1. The zero-order valence-corrected chi connectivity index (χ0v) is 8.99. The summed E-state index contributed by atoms with van der Waals surface area (Å²) in [5.41, 5.74) is 7.69. The van der Waals surface area contributed by atoms with Crippen LogP contribution in [0.4, 0.5) is 5.69 Å². The molecule has 1 atom stereocenters. The van der Waals surface area contributed by atoms with E-state index in [4.69, 9.17) is 5.73 Å². The largest absolute Gasteiger partial charge is 0.468 e. The van der Waals surface area contributed by atoms with Crippen LogP contribution in [0.15, 0.2) is 24.3 Å². The molecule has 0 spiro atoms. The van der Waals surface area contributed by atoms with Gasteiger partial charge in [-0.1, -0.05) is 12.1 Å². The van der Waals surface area contributed by atoms with Gasteiger partial charge in [-0.15, -0.1) is 0 Å². The minimum atomic E-state index is -0.588. The molecule has 0 radical (unpaired) electrons. The minimum absolute atomic E-state index is 0.382. The van der Waals surface area contributed by atoms with Crippen molar-refractivity contribution in [2.75, 3.05) is 19.5 Å². The number of rotatable bonds is 4. The van der Waals surface area contributed by atoms with Crippen molar-refractivity contribution in [1.82, 2.24) is 0 Å². The van der Waals surface area contributed by atoms with E-state index >= 15 is 0 Å². The molecule has 1 aromatic carbocycles. The van der Waals surface area contributed by atoms with Crippen LogP contribution in [0.3, 0.4) is 0 Å². The van der Waals surface area contributed by atoms with Gasteiger partial charge in [0.05, 0.1) is 7.11 Å². The van der Waals surface area contributed by atoms with Crippen LogP contribution >= 0.6 is 0 Å². The summed E-state index contributed by atoms with van der Waals surface area (Å²) >= 11 is 0. The van der Waals surface area contributed by atoms with Crippen molar-refractivity contribution in [3.05, 3.63) is 29.8 Å². The Kier molecular flexibility index (Phi) is 4.12. The third-order valence-corrected chi connectivity index (χ3v) is 2.20. The number of carbonyl (C=O) groups is 1. The molecule has 82 valence electrons. The van der Waals surface area contributed by atoms with E-state index in [9.17, 15) is 4.79 Å². The lowest BCUT2D eigenvalue weighted by atomic mass is 10.1. The molecule has 15 heavy (non-hydrogen) atoms. The molecule has 0 heterocycles. The van der Waals surface area contributed by atoms with E-state index in [-0.39, 0.29) is 5.97 Å². The van der Waals surface area contributed by atoms with Crippen LogP contribution in [0.25, 0.3) is 0 Å². The lowest BCUT2D eigenvalue weighted by Gasteiger charge is -2.09. The highest BCUT2D eigenvalue weighted by Crippen LogP contribution is 2.10. The van der Waals surface area contributed by atoms with Crippen molar-refractivity contribution in [1.29, 1.82) is 0 Å². The molecular formula is C11H16N2O2. The van der Waals surface area contributed by atoms with Gasteiger partial charge in [0.2, 0.25) is 0 Å². The predicted molar refractivity (Wildman–Crippen MR) is 59.7 cm³/mol. The Morgan fingerprint density at radius 3 is 2.53 bits per heavy atom. The summed E-state index contributed by atoms with van der Waals surface area (Å²) in [6.07, 6.45) is 0.497. The van der Waals surface area contributed by atoms with E-state index in [0.717, 1.165) is 11.3 Å². The molecule has 0 bridgehead atoms. The normalized spacial score (nSPS) is 11.9. The fraction of sp³-hybridized carbons (Fsp3) is 0.364. The van der Waals surface area contributed by atoms with Crippen LogP contribution in [-0.4, -0.2) is 26.2 Å². The summed E-state index contributed by atoms with van der Waals surface area (Å²) in [5, 5.41) is 3.02. The van der Waals surface area contributed by atoms with Gasteiger partial charge in [0.25, 0.3) is 0 Å². The molecule has 1 aromatic rings. The van der Waals surface area contributed by atoms with E-state index in [2.05, 4.69) is 10.1 Å². The first-order valence-corrected chi connectivity index (χ1v) is 4.77. The first kappa shape index (κ1) is 11.5. The molecule has 0 saturated heterocycles. The number of nitrogens with two attached hydrogens (primary N) is 1. The number of anilines is 1. The molecule has 0 aromatic heterocycles. The Morgan fingerprint density at radius 1 is 1.47 bits per heavy atom. The van der Waals surface area contributed by atoms with Crippen molar-refractivity contribution in [2.45, 2.75) is 12.5 Å². The van der Waals surface area contributed by atoms with Crippen LogP contribution in [0, 0.1) is 0 Å². The van der Waals surface area contributed by atoms with Crippen LogP contribution in [0.2, 0.25) is 0 Å². The molecule has 0 aliphatic heterocycles. The van der Waals surface area contributed by atoms with E-state index in [1.165, 1.54) is 7.11 Å². The molecule has 4 heteroatoms. The molecule has 0 fully saturated rings. The molecule has 0 aliphatic carbocycles. The van der Waals surface area contributed by atoms with Crippen molar-refractivity contribution in [3.63, 3.8) is 0 Å². The summed E-state index contributed by atoms with van der Waals surface area (Å²) in [4.78, 5) is 11.1. The molecule has 0 saturated carbocycles. The molecule has 4 nitrogen and oxygen atoms in total. The van der Waals surface area contributed by atoms with Crippen LogP contribution in [0.1, 0.15) is 5.56 Å². The van der Waals surface area contributed by atoms with E-state index < -0.39 is 6.04 Å². The number of hydrogen-bond donors (Lipinski definition) is 2. The number of esters is 1. The minimum Gasteiger partial charge on any atom is -0.468 e. The molecule has 0 unspecified atom stereocenters. The highest BCUT2D eigenvalue weighted by atomic mass is 16.5. The number of methoxy groups -OCH3 is 1. The fourth-order valence-electron chi connectivity index (χ4n) is 1.30. The topological polar surface area (TPSA) is 64.3 Å². The maximum absolute atomic E-state index is 11.1. The Labute approximate surface area is 89.4 Å². The first-order chi connectivity index (χ1) is 7.17. The second-order valence-electron chi connectivity index (χ2n) is 3.28. The van der Waals surface area contributed by atoms with Gasteiger partial charge >= 0.3 is 5.97 Å². The summed E-state index contributed by atoms with van der Waals surface area (Å²) in [6.45, 7) is 0.